The van der Waals surface area contributed by atoms with Gasteiger partial charge in [-0.3, -0.25) is 9.97 Å². The molecule has 11 heavy (non-hydrogen) atoms. The molecule has 1 aliphatic carbocycles. The number of nitrogens with zero attached hydrogens (tertiary/aromatic N) is 2. The van der Waals surface area contributed by atoms with E-state index in [1.165, 1.54) is 17.8 Å². The highest BCUT2D eigenvalue weighted by atomic mass is 14.8. The monoisotopic (exact) mass is 148 g/mol. The van der Waals surface area contributed by atoms with Crippen molar-refractivity contribution in [3.05, 3.63) is 22.8 Å². The summed E-state index contributed by atoms with van der Waals surface area (Å²) in [7, 11) is 0. The quantitative estimate of drug-likeness (QED) is 0.558. The Morgan fingerprint density at radius 3 is 1.82 bits per heavy atom. The fraction of sp³-hybridized carbons (Fsp3) is 0.556. The average molecular weight is 148 g/mol. The molecule has 0 aromatic carbocycles. The smallest absolute Gasteiger partial charge is 0.0622 e. The van der Waals surface area contributed by atoms with Gasteiger partial charge in [0.1, 0.15) is 0 Å². The summed E-state index contributed by atoms with van der Waals surface area (Å²) in [6.45, 7) is 4.06. The minimum absolute atomic E-state index is 1.09. The van der Waals surface area contributed by atoms with Crippen molar-refractivity contribution in [1.82, 2.24) is 9.97 Å². The predicted octanol–water partition coefficient (Wildman–Crippen LogP) is 1.58. The Balaban J connectivity index is 2.57. The Bertz CT molecular complexity index is 263. The van der Waals surface area contributed by atoms with Crippen LogP contribution in [-0.4, -0.2) is 9.97 Å². The van der Waals surface area contributed by atoms with Crippen LogP contribution in [0.1, 0.15) is 29.2 Å². The van der Waals surface area contributed by atoms with Crippen molar-refractivity contribution < 1.29 is 0 Å². The Labute approximate surface area is 66.7 Å². The molecule has 0 spiro atoms. The Hall–Kier alpha value is -0.920. The summed E-state index contributed by atoms with van der Waals surface area (Å²) in [5.41, 5.74) is 4.64. The fourth-order valence-electron chi connectivity index (χ4n) is 1.52. The minimum Gasteiger partial charge on any atom is -0.254 e. The van der Waals surface area contributed by atoms with E-state index in [1.807, 2.05) is 13.8 Å². The van der Waals surface area contributed by atoms with Crippen LogP contribution in [0.5, 0.6) is 0 Å². The zero-order chi connectivity index (χ0) is 7.84. The number of hydrogen-bond donors (Lipinski definition) is 0. The minimum atomic E-state index is 1.09. The second-order valence-electron chi connectivity index (χ2n) is 3.14. The van der Waals surface area contributed by atoms with Crippen LogP contribution in [0.2, 0.25) is 0 Å². The number of aryl methyl sites for hydroxylation is 4. The van der Waals surface area contributed by atoms with Crippen molar-refractivity contribution in [2.45, 2.75) is 33.1 Å². The van der Waals surface area contributed by atoms with Crippen molar-refractivity contribution in [3.8, 4) is 0 Å². The van der Waals surface area contributed by atoms with E-state index in [9.17, 15) is 0 Å². The molecule has 0 radical (unpaired) electrons. The predicted molar refractivity (Wildman–Crippen MR) is 43.5 cm³/mol. The molecular formula is C9H12N2. The first-order valence-electron chi connectivity index (χ1n) is 4.10. The molecule has 1 aliphatic rings. The molecule has 0 N–H and O–H groups in total. The topological polar surface area (TPSA) is 25.8 Å². The molecule has 0 amide bonds. The molecule has 1 heterocycles. The van der Waals surface area contributed by atoms with Gasteiger partial charge in [-0.15, -0.1) is 0 Å². The maximum Gasteiger partial charge on any atom is 0.0622 e. The van der Waals surface area contributed by atoms with Crippen LogP contribution in [0, 0.1) is 13.8 Å². The van der Waals surface area contributed by atoms with Gasteiger partial charge in [-0.1, -0.05) is 0 Å². The van der Waals surface area contributed by atoms with E-state index in [0.29, 0.717) is 0 Å². The van der Waals surface area contributed by atoms with Gasteiger partial charge in [0.2, 0.25) is 0 Å². The molecule has 2 nitrogen and oxygen atoms in total. The number of hydrogen-bond acceptors (Lipinski definition) is 2. The lowest BCUT2D eigenvalue weighted by atomic mass is 10.3. The second kappa shape index (κ2) is 2.29. The van der Waals surface area contributed by atoms with E-state index >= 15 is 0 Å². The van der Waals surface area contributed by atoms with Crippen LogP contribution in [-0.2, 0) is 12.8 Å². The Kier molecular flexibility index (Phi) is 1.41. The standard InChI is InChI=1S/C9H12N2/c1-6-7(2)11-9-5-3-4-8(9)10-6/h3-5H2,1-2H3. The first-order chi connectivity index (χ1) is 5.27. The zero-order valence-electron chi connectivity index (χ0n) is 7.02. The molecule has 1 aromatic heterocycles. The van der Waals surface area contributed by atoms with Crippen molar-refractivity contribution in [2.75, 3.05) is 0 Å². The third-order valence-corrected chi connectivity index (χ3v) is 2.29. The van der Waals surface area contributed by atoms with E-state index in [4.69, 9.17) is 0 Å². The maximum absolute atomic E-state index is 4.49. The van der Waals surface area contributed by atoms with Gasteiger partial charge >= 0.3 is 0 Å². The van der Waals surface area contributed by atoms with Crippen molar-refractivity contribution in [1.29, 1.82) is 0 Å². The van der Waals surface area contributed by atoms with Gasteiger partial charge in [-0.25, -0.2) is 0 Å². The third kappa shape index (κ3) is 1.02. The molecule has 0 atom stereocenters. The van der Waals surface area contributed by atoms with E-state index in [-0.39, 0.29) is 0 Å². The SMILES string of the molecule is Cc1nc2c(nc1C)CCC2. The summed E-state index contributed by atoms with van der Waals surface area (Å²) in [6, 6.07) is 0. The lowest BCUT2D eigenvalue weighted by molar-refractivity contribution is 0.892. The van der Waals surface area contributed by atoms with Crippen LogP contribution in [0.15, 0.2) is 0 Å². The Morgan fingerprint density at radius 1 is 0.909 bits per heavy atom. The largest absolute Gasteiger partial charge is 0.254 e. The lowest BCUT2D eigenvalue weighted by Gasteiger charge is -2.01. The van der Waals surface area contributed by atoms with Crippen LogP contribution >= 0.6 is 0 Å². The normalized spacial score (nSPS) is 15.1. The summed E-state index contributed by atoms with van der Waals surface area (Å²) in [4.78, 5) is 8.98. The van der Waals surface area contributed by atoms with Gasteiger partial charge in [0.15, 0.2) is 0 Å². The van der Waals surface area contributed by atoms with Gasteiger partial charge in [-0.05, 0) is 33.1 Å². The average Bonchev–Trinajstić information content (AvgIpc) is 2.36. The zero-order valence-corrected chi connectivity index (χ0v) is 7.02. The summed E-state index contributed by atoms with van der Waals surface area (Å²) >= 11 is 0. The molecule has 0 saturated heterocycles. The first kappa shape index (κ1) is 6.77. The van der Waals surface area contributed by atoms with Gasteiger partial charge in [-0.2, -0.15) is 0 Å². The highest BCUT2D eigenvalue weighted by molar-refractivity contribution is 5.22. The molecule has 0 bridgehead atoms. The van der Waals surface area contributed by atoms with Crippen molar-refractivity contribution >= 4 is 0 Å². The van der Waals surface area contributed by atoms with Gasteiger partial charge in [0.05, 0.1) is 22.8 Å². The highest BCUT2D eigenvalue weighted by Crippen LogP contribution is 2.18. The molecule has 0 fully saturated rings. The third-order valence-electron chi connectivity index (χ3n) is 2.29. The fourth-order valence-corrected chi connectivity index (χ4v) is 1.52. The van der Waals surface area contributed by atoms with E-state index in [0.717, 1.165) is 24.2 Å². The van der Waals surface area contributed by atoms with E-state index < -0.39 is 0 Å². The van der Waals surface area contributed by atoms with Crippen molar-refractivity contribution in [2.24, 2.45) is 0 Å². The number of aromatic nitrogens is 2. The molecule has 2 heteroatoms. The summed E-state index contributed by atoms with van der Waals surface area (Å²) < 4.78 is 0. The van der Waals surface area contributed by atoms with E-state index in [2.05, 4.69) is 9.97 Å². The van der Waals surface area contributed by atoms with Gasteiger partial charge in [0.25, 0.3) is 0 Å². The van der Waals surface area contributed by atoms with Gasteiger partial charge < -0.3 is 0 Å². The maximum atomic E-state index is 4.49. The summed E-state index contributed by atoms with van der Waals surface area (Å²) in [5, 5.41) is 0. The van der Waals surface area contributed by atoms with Crippen LogP contribution in [0.4, 0.5) is 0 Å². The summed E-state index contributed by atoms with van der Waals surface area (Å²) in [5.74, 6) is 0. The molecule has 58 valence electrons. The number of rotatable bonds is 0. The molecular weight excluding hydrogens is 136 g/mol. The van der Waals surface area contributed by atoms with Gasteiger partial charge in [0, 0.05) is 0 Å². The molecule has 2 rings (SSSR count). The molecule has 0 aliphatic heterocycles. The summed E-state index contributed by atoms with van der Waals surface area (Å²) in [6.07, 6.45) is 3.49. The Morgan fingerprint density at radius 2 is 1.36 bits per heavy atom. The number of fused-ring (bicyclic) bond motifs is 1. The van der Waals surface area contributed by atoms with Crippen LogP contribution in [0.3, 0.4) is 0 Å². The van der Waals surface area contributed by atoms with Crippen LogP contribution < -0.4 is 0 Å². The highest BCUT2D eigenvalue weighted by Gasteiger charge is 2.14. The molecule has 0 unspecified atom stereocenters. The van der Waals surface area contributed by atoms with E-state index in [1.54, 1.807) is 0 Å². The molecule has 0 saturated carbocycles. The molecule has 1 aromatic rings. The first-order valence-corrected chi connectivity index (χ1v) is 4.10. The lowest BCUT2D eigenvalue weighted by Crippen LogP contribution is -1.98. The van der Waals surface area contributed by atoms with Crippen LogP contribution in [0.25, 0.3) is 0 Å². The van der Waals surface area contributed by atoms with Crippen molar-refractivity contribution in [3.63, 3.8) is 0 Å². The second-order valence-corrected chi connectivity index (χ2v) is 3.14.